The van der Waals surface area contributed by atoms with Crippen LogP contribution in [0.15, 0.2) is 0 Å². The van der Waals surface area contributed by atoms with Gasteiger partial charge in [-0.3, -0.25) is 0 Å². The lowest BCUT2D eigenvalue weighted by Crippen LogP contribution is -2.08. The molecule has 0 radical (unpaired) electrons. The SMILES string of the molecule is C=P(C)(O)CCC1CCCCC1. The third-order valence-corrected chi connectivity index (χ3v) is 3.97. The van der Waals surface area contributed by atoms with Crippen LogP contribution in [0.5, 0.6) is 0 Å². The average Bonchev–Trinajstić information content (AvgIpc) is 2.02. The third-order valence-electron chi connectivity index (χ3n) is 2.74. The lowest BCUT2D eigenvalue weighted by Gasteiger charge is -2.23. The van der Waals surface area contributed by atoms with Crippen LogP contribution in [0.25, 0.3) is 0 Å². The van der Waals surface area contributed by atoms with Gasteiger partial charge >= 0.3 is 0 Å². The molecule has 0 spiro atoms. The standard InChI is InChI=1S/C10H21OP/c1-12(2,11)9-8-10-6-4-3-5-7-10/h10-11H,1,3-9H2,2H3. The fraction of sp³-hybridized carbons (Fsp3) is 0.900. The van der Waals surface area contributed by atoms with E-state index < -0.39 is 7.11 Å². The highest BCUT2D eigenvalue weighted by molar-refractivity contribution is 7.67. The highest BCUT2D eigenvalue weighted by Crippen LogP contribution is 2.38. The van der Waals surface area contributed by atoms with E-state index in [4.69, 9.17) is 0 Å². The highest BCUT2D eigenvalue weighted by Gasteiger charge is 2.14. The van der Waals surface area contributed by atoms with Gasteiger partial charge in [-0.15, -0.1) is 0 Å². The normalized spacial score (nSPS) is 25.2. The molecule has 0 aromatic heterocycles. The van der Waals surface area contributed by atoms with Crippen LogP contribution >= 0.6 is 7.11 Å². The van der Waals surface area contributed by atoms with Crippen molar-refractivity contribution in [2.45, 2.75) is 38.5 Å². The number of rotatable bonds is 3. The first-order valence-corrected chi connectivity index (χ1v) is 7.56. The Bertz CT molecular complexity index is 165. The Balaban J connectivity index is 2.17. The summed E-state index contributed by atoms with van der Waals surface area (Å²) in [5, 5.41) is 0. The van der Waals surface area contributed by atoms with E-state index in [9.17, 15) is 4.89 Å². The number of hydrogen-bond donors (Lipinski definition) is 1. The first kappa shape index (κ1) is 10.3. The molecular weight excluding hydrogens is 167 g/mol. The molecule has 0 bridgehead atoms. The van der Waals surface area contributed by atoms with Crippen molar-refractivity contribution in [1.29, 1.82) is 0 Å². The molecule has 1 aliphatic carbocycles. The second-order valence-corrected chi connectivity index (χ2v) is 7.48. The highest BCUT2D eigenvalue weighted by atomic mass is 31.2. The van der Waals surface area contributed by atoms with E-state index in [1.165, 1.54) is 38.5 Å². The van der Waals surface area contributed by atoms with Crippen molar-refractivity contribution >= 4 is 13.4 Å². The Kier molecular flexibility index (Phi) is 3.86. The molecule has 0 aromatic carbocycles. The maximum atomic E-state index is 9.55. The Labute approximate surface area is 76.2 Å². The molecule has 0 amide bonds. The van der Waals surface area contributed by atoms with Gasteiger partial charge in [0.2, 0.25) is 0 Å². The minimum Gasteiger partial charge on any atom is -0.377 e. The molecule has 0 aromatic rings. The molecule has 1 rings (SSSR count). The van der Waals surface area contributed by atoms with Crippen LogP contribution in [0.4, 0.5) is 0 Å². The van der Waals surface area contributed by atoms with Crippen molar-refractivity contribution in [3.8, 4) is 0 Å². The second-order valence-electron chi connectivity index (χ2n) is 4.36. The minimum absolute atomic E-state index is 0.895. The van der Waals surface area contributed by atoms with E-state index in [0.29, 0.717) is 0 Å². The molecule has 1 unspecified atom stereocenters. The summed E-state index contributed by atoms with van der Waals surface area (Å²) >= 11 is 0. The molecule has 0 aliphatic heterocycles. The summed E-state index contributed by atoms with van der Waals surface area (Å²) in [6.07, 6.45) is 13.0. The van der Waals surface area contributed by atoms with Crippen molar-refractivity contribution in [3.05, 3.63) is 0 Å². The van der Waals surface area contributed by atoms with Gasteiger partial charge in [0, 0.05) is 0 Å². The lowest BCUT2D eigenvalue weighted by atomic mass is 9.88. The summed E-state index contributed by atoms with van der Waals surface area (Å²) in [6.45, 7) is 1.91. The zero-order valence-electron chi connectivity index (χ0n) is 8.13. The van der Waals surface area contributed by atoms with Crippen LogP contribution < -0.4 is 0 Å². The zero-order valence-corrected chi connectivity index (χ0v) is 9.02. The second kappa shape index (κ2) is 4.48. The molecule has 1 fully saturated rings. The third kappa shape index (κ3) is 4.33. The van der Waals surface area contributed by atoms with E-state index in [-0.39, 0.29) is 0 Å². The molecular formula is C10H21OP. The van der Waals surface area contributed by atoms with Gasteiger partial charge in [0.05, 0.1) is 0 Å². The van der Waals surface area contributed by atoms with Crippen molar-refractivity contribution in [2.75, 3.05) is 12.8 Å². The Morgan fingerprint density at radius 2 is 1.92 bits per heavy atom. The molecule has 1 saturated carbocycles. The smallest absolute Gasteiger partial charge is 0.00495 e. The Morgan fingerprint density at radius 1 is 1.33 bits per heavy atom. The van der Waals surface area contributed by atoms with Crippen molar-refractivity contribution in [3.63, 3.8) is 0 Å². The minimum atomic E-state index is -1.73. The zero-order chi connectivity index (χ0) is 9.03. The van der Waals surface area contributed by atoms with Gasteiger partial charge in [-0.25, -0.2) is 0 Å². The van der Waals surface area contributed by atoms with Crippen molar-refractivity contribution in [2.24, 2.45) is 5.92 Å². The summed E-state index contributed by atoms with van der Waals surface area (Å²) in [7, 11) is -1.73. The van der Waals surface area contributed by atoms with Crippen LogP contribution in [-0.4, -0.2) is 24.0 Å². The van der Waals surface area contributed by atoms with E-state index >= 15 is 0 Å². The molecule has 1 aliphatic rings. The summed E-state index contributed by atoms with van der Waals surface area (Å²) in [6, 6.07) is 0. The molecule has 12 heavy (non-hydrogen) atoms. The molecule has 2 heteroatoms. The Hall–Kier alpha value is 0.260. The quantitative estimate of drug-likeness (QED) is 0.675. The summed E-state index contributed by atoms with van der Waals surface area (Å²) in [5.41, 5.74) is 0. The topological polar surface area (TPSA) is 20.2 Å². The summed E-state index contributed by atoms with van der Waals surface area (Å²) in [4.78, 5) is 9.55. The van der Waals surface area contributed by atoms with Crippen LogP contribution in [0.2, 0.25) is 0 Å². The van der Waals surface area contributed by atoms with Crippen LogP contribution in [-0.2, 0) is 0 Å². The maximum Gasteiger partial charge on any atom is -0.00495 e. The molecule has 72 valence electrons. The monoisotopic (exact) mass is 188 g/mol. The lowest BCUT2D eigenvalue weighted by molar-refractivity contribution is 0.349. The van der Waals surface area contributed by atoms with E-state index in [2.05, 4.69) is 6.30 Å². The van der Waals surface area contributed by atoms with Crippen LogP contribution in [0.1, 0.15) is 38.5 Å². The average molecular weight is 188 g/mol. The summed E-state index contributed by atoms with van der Waals surface area (Å²) in [5.74, 6) is 0.895. The van der Waals surface area contributed by atoms with Gasteiger partial charge in [-0.1, -0.05) is 38.4 Å². The van der Waals surface area contributed by atoms with Gasteiger partial charge in [0.1, 0.15) is 0 Å². The molecule has 1 nitrogen and oxygen atoms in total. The maximum absolute atomic E-state index is 9.55. The van der Waals surface area contributed by atoms with Gasteiger partial charge in [0.25, 0.3) is 0 Å². The van der Waals surface area contributed by atoms with Gasteiger partial charge < -0.3 is 4.89 Å². The molecule has 1 N–H and O–H groups in total. The molecule has 1 atom stereocenters. The molecule has 0 saturated heterocycles. The summed E-state index contributed by atoms with van der Waals surface area (Å²) < 4.78 is 0. The van der Waals surface area contributed by atoms with Crippen molar-refractivity contribution < 1.29 is 4.89 Å². The van der Waals surface area contributed by atoms with E-state index in [1.807, 2.05) is 6.66 Å². The fourth-order valence-electron chi connectivity index (χ4n) is 1.94. The van der Waals surface area contributed by atoms with E-state index in [0.717, 1.165) is 12.1 Å². The van der Waals surface area contributed by atoms with Gasteiger partial charge in [-0.2, -0.15) is 0 Å². The number of hydrogen-bond acceptors (Lipinski definition) is 1. The Morgan fingerprint density at radius 3 is 2.42 bits per heavy atom. The largest absolute Gasteiger partial charge is 0.377 e. The first-order valence-electron chi connectivity index (χ1n) is 5.00. The van der Waals surface area contributed by atoms with Crippen LogP contribution in [0.3, 0.4) is 0 Å². The molecule has 0 heterocycles. The predicted molar refractivity (Wildman–Crippen MR) is 58.2 cm³/mol. The van der Waals surface area contributed by atoms with Gasteiger partial charge in [-0.05, 0) is 32.3 Å². The van der Waals surface area contributed by atoms with Gasteiger partial charge in [0.15, 0.2) is 0 Å². The predicted octanol–water partition coefficient (Wildman–Crippen LogP) is 2.94. The van der Waals surface area contributed by atoms with Crippen LogP contribution in [0, 0.1) is 5.92 Å². The van der Waals surface area contributed by atoms with Crippen molar-refractivity contribution in [1.82, 2.24) is 0 Å². The first-order chi connectivity index (χ1) is 5.58. The fourth-order valence-corrected chi connectivity index (χ4v) is 2.86. The van der Waals surface area contributed by atoms with E-state index in [1.54, 1.807) is 0 Å².